The van der Waals surface area contributed by atoms with Gasteiger partial charge in [0.25, 0.3) is 5.91 Å². The van der Waals surface area contributed by atoms with Crippen LogP contribution < -0.4 is 9.64 Å². The number of alkyl halides is 3. The second kappa shape index (κ2) is 6.57. The molecule has 1 aromatic heterocycles. The maximum absolute atomic E-state index is 13.0. The second-order valence-electron chi connectivity index (χ2n) is 4.82. The van der Waals surface area contributed by atoms with Gasteiger partial charge in [-0.05, 0) is 26.0 Å². The molecule has 0 saturated carbocycles. The molecule has 0 aliphatic heterocycles. The Hall–Kier alpha value is -2.09. The normalized spacial score (nSPS) is 11.4. The topological polar surface area (TPSA) is 42.4 Å². The van der Waals surface area contributed by atoms with Crippen molar-refractivity contribution in [3.63, 3.8) is 0 Å². The molecule has 8 heteroatoms. The predicted molar refractivity (Wildman–Crippen MR) is 82.3 cm³/mol. The maximum atomic E-state index is 13.0. The molecule has 0 saturated heterocycles. The van der Waals surface area contributed by atoms with Crippen LogP contribution in [0.2, 0.25) is 0 Å². The van der Waals surface area contributed by atoms with Crippen LogP contribution >= 0.6 is 11.3 Å². The van der Waals surface area contributed by atoms with Crippen LogP contribution in [-0.2, 0) is 0 Å². The van der Waals surface area contributed by atoms with Crippen molar-refractivity contribution in [2.24, 2.45) is 0 Å². The van der Waals surface area contributed by atoms with Crippen molar-refractivity contribution in [2.45, 2.75) is 20.0 Å². The Bertz CT molecular complexity index is 713. The van der Waals surface area contributed by atoms with Crippen LogP contribution in [-0.4, -0.2) is 30.7 Å². The van der Waals surface area contributed by atoms with Crippen molar-refractivity contribution in [1.82, 2.24) is 4.98 Å². The van der Waals surface area contributed by atoms with Gasteiger partial charge in [-0.3, -0.25) is 9.69 Å². The van der Waals surface area contributed by atoms with Crippen molar-refractivity contribution in [3.05, 3.63) is 39.8 Å². The van der Waals surface area contributed by atoms with Gasteiger partial charge >= 0.3 is 6.18 Å². The van der Waals surface area contributed by atoms with Crippen LogP contribution in [0.15, 0.2) is 24.3 Å². The summed E-state index contributed by atoms with van der Waals surface area (Å²) < 4.78 is 44.0. The summed E-state index contributed by atoms with van der Waals surface area (Å²) in [6, 6.07) is 6.09. The van der Waals surface area contributed by atoms with Crippen LogP contribution in [0.3, 0.4) is 0 Å². The largest absolute Gasteiger partial charge is 0.495 e. The van der Waals surface area contributed by atoms with E-state index in [1.165, 1.54) is 30.6 Å². The van der Waals surface area contributed by atoms with E-state index < -0.39 is 18.6 Å². The van der Waals surface area contributed by atoms with Crippen LogP contribution in [0.4, 0.5) is 18.9 Å². The molecule has 1 amide bonds. The number of anilines is 1. The van der Waals surface area contributed by atoms with E-state index in [0.717, 1.165) is 0 Å². The first-order chi connectivity index (χ1) is 10.7. The Balaban J connectivity index is 2.50. The zero-order valence-electron chi connectivity index (χ0n) is 12.8. The summed E-state index contributed by atoms with van der Waals surface area (Å²) in [5, 5.41) is 0.623. The number of rotatable bonds is 4. The fourth-order valence-electron chi connectivity index (χ4n) is 2.15. The summed E-state index contributed by atoms with van der Waals surface area (Å²) in [6.07, 6.45) is -4.55. The molecule has 2 aromatic rings. The van der Waals surface area contributed by atoms with Crippen molar-refractivity contribution in [3.8, 4) is 5.75 Å². The number of hydrogen-bond donors (Lipinski definition) is 0. The third kappa shape index (κ3) is 4.01. The highest BCUT2D eigenvalue weighted by molar-refractivity contribution is 7.11. The first-order valence-corrected chi connectivity index (χ1v) is 7.50. The number of carbonyl (C=O) groups is 1. The summed E-state index contributed by atoms with van der Waals surface area (Å²) in [4.78, 5) is 17.9. The maximum Gasteiger partial charge on any atom is 0.406 e. The Morgan fingerprint density at radius 2 is 1.96 bits per heavy atom. The van der Waals surface area contributed by atoms with E-state index in [4.69, 9.17) is 4.74 Å². The fourth-order valence-corrected chi connectivity index (χ4v) is 2.96. The lowest BCUT2D eigenvalue weighted by atomic mass is 10.2. The molecular formula is C15H15F3N2O2S. The summed E-state index contributed by atoms with van der Waals surface area (Å²) in [5.74, 6) is -0.608. The monoisotopic (exact) mass is 344 g/mol. The third-order valence-corrected chi connectivity index (χ3v) is 3.95. The molecule has 0 fully saturated rings. The number of ether oxygens (including phenoxy) is 1. The number of carbonyl (C=O) groups excluding carboxylic acids is 1. The molecule has 0 spiro atoms. The molecule has 23 heavy (non-hydrogen) atoms. The van der Waals surface area contributed by atoms with Gasteiger partial charge in [0, 0.05) is 4.88 Å². The van der Waals surface area contributed by atoms with Gasteiger partial charge in [-0.15, -0.1) is 11.3 Å². The smallest absolute Gasteiger partial charge is 0.406 e. The Kier molecular flexibility index (Phi) is 4.93. The van der Waals surface area contributed by atoms with Crippen LogP contribution in [0, 0.1) is 13.8 Å². The second-order valence-corrected chi connectivity index (χ2v) is 6.22. The first kappa shape index (κ1) is 17.3. The lowest BCUT2D eigenvalue weighted by molar-refractivity contribution is -0.118. The number of aromatic nitrogens is 1. The summed E-state index contributed by atoms with van der Waals surface area (Å²) >= 11 is 1.27. The number of methoxy groups -OCH3 is 1. The van der Waals surface area contributed by atoms with E-state index in [1.807, 2.05) is 0 Å². The Labute approximate surface area is 135 Å². The third-order valence-electron chi connectivity index (χ3n) is 3.06. The highest BCUT2D eigenvalue weighted by atomic mass is 32.1. The lowest BCUT2D eigenvalue weighted by Crippen LogP contribution is -2.39. The van der Waals surface area contributed by atoms with E-state index in [2.05, 4.69) is 4.98 Å². The van der Waals surface area contributed by atoms with E-state index in [9.17, 15) is 18.0 Å². The quantitative estimate of drug-likeness (QED) is 0.843. The SMILES string of the molecule is COc1ccccc1N(CC(F)(F)F)C(=O)c1nc(C)sc1C. The number of benzene rings is 1. The van der Waals surface area contributed by atoms with Crippen molar-refractivity contribution in [2.75, 3.05) is 18.6 Å². The number of thiazole rings is 1. The van der Waals surface area contributed by atoms with Crippen molar-refractivity contribution in [1.29, 1.82) is 0 Å². The molecule has 1 heterocycles. The summed E-state index contributed by atoms with van der Waals surface area (Å²) in [5.41, 5.74) is 0.0880. The van der Waals surface area contributed by atoms with Crippen LogP contribution in [0.25, 0.3) is 0 Å². The minimum Gasteiger partial charge on any atom is -0.495 e. The van der Waals surface area contributed by atoms with Gasteiger partial charge in [-0.25, -0.2) is 4.98 Å². The molecule has 0 N–H and O–H groups in total. The molecule has 124 valence electrons. The lowest BCUT2D eigenvalue weighted by Gasteiger charge is -2.25. The molecule has 0 bridgehead atoms. The Morgan fingerprint density at radius 3 is 2.48 bits per heavy atom. The molecule has 0 aliphatic carbocycles. The van der Waals surface area contributed by atoms with Gasteiger partial charge in [-0.2, -0.15) is 13.2 Å². The highest BCUT2D eigenvalue weighted by Crippen LogP contribution is 2.32. The zero-order chi connectivity index (χ0) is 17.2. The molecule has 1 aromatic carbocycles. The van der Waals surface area contributed by atoms with Crippen molar-refractivity contribution < 1.29 is 22.7 Å². The van der Waals surface area contributed by atoms with Crippen LogP contribution in [0.1, 0.15) is 20.4 Å². The number of para-hydroxylation sites is 2. The summed E-state index contributed by atoms with van der Waals surface area (Å²) in [6.45, 7) is 1.94. The van der Waals surface area contributed by atoms with E-state index in [1.54, 1.807) is 26.0 Å². The molecular weight excluding hydrogens is 329 g/mol. The summed E-state index contributed by atoms with van der Waals surface area (Å²) in [7, 11) is 1.34. The predicted octanol–water partition coefficient (Wildman–Crippen LogP) is 3.98. The van der Waals surface area contributed by atoms with Crippen LogP contribution in [0.5, 0.6) is 5.75 Å². The van der Waals surface area contributed by atoms with E-state index >= 15 is 0 Å². The van der Waals surface area contributed by atoms with Gasteiger partial charge in [0.2, 0.25) is 0 Å². The molecule has 0 radical (unpaired) electrons. The molecule has 0 unspecified atom stereocenters. The molecule has 0 aliphatic rings. The Morgan fingerprint density at radius 1 is 1.30 bits per heavy atom. The minimum absolute atomic E-state index is 0.0302. The van der Waals surface area contributed by atoms with Gasteiger partial charge in [0.05, 0.1) is 17.8 Å². The molecule has 4 nitrogen and oxygen atoms in total. The number of hydrogen-bond acceptors (Lipinski definition) is 4. The standard InChI is InChI=1S/C15H15F3N2O2S/c1-9-13(19-10(2)23-9)14(21)20(8-15(16,17)18)11-6-4-5-7-12(11)22-3/h4-7H,8H2,1-3H3. The van der Waals surface area contributed by atoms with Gasteiger partial charge in [0.1, 0.15) is 18.0 Å². The average molecular weight is 344 g/mol. The van der Waals surface area contributed by atoms with Crippen molar-refractivity contribution >= 4 is 22.9 Å². The van der Waals surface area contributed by atoms with E-state index in [-0.39, 0.29) is 17.1 Å². The number of amides is 1. The number of halogens is 3. The number of aryl methyl sites for hydroxylation is 2. The van der Waals surface area contributed by atoms with Gasteiger partial charge < -0.3 is 4.74 Å². The zero-order valence-corrected chi connectivity index (χ0v) is 13.6. The van der Waals surface area contributed by atoms with Gasteiger partial charge in [0.15, 0.2) is 0 Å². The van der Waals surface area contributed by atoms with Gasteiger partial charge in [-0.1, -0.05) is 12.1 Å². The molecule has 2 rings (SSSR count). The minimum atomic E-state index is -4.55. The van der Waals surface area contributed by atoms with E-state index in [0.29, 0.717) is 14.8 Å². The molecule has 0 atom stereocenters. The highest BCUT2D eigenvalue weighted by Gasteiger charge is 2.36. The number of nitrogens with zero attached hydrogens (tertiary/aromatic N) is 2. The fraction of sp³-hybridized carbons (Fsp3) is 0.333. The first-order valence-electron chi connectivity index (χ1n) is 6.68. The average Bonchev–Trinajstić information content (AvgIpc) is 2.82.